The third-order valence-corrected chi connectivity index (χ3v) is 8.01. The van der Waals surface area contributed by atoms with E-state index in [1.807, 2.05) is 0 Å². The molecule has 2 aliphatic rings. The van der Waals surface area contributed by atoms with Crippen LogP contribution < -0.4 is 11.1 Å². The number of benzene rings is 2. The Kier molecular flexibility index (Phi) is 9.50. The van der Waals surface area contributed by atoms with Gasteiger partial charge >= 0.3 is 0 Å². The fraction of sp³-hybridized carbons (Fsp3) is 0.500. The van der Waals surface area contributed by atoms with Gasteiger partial charge in [-0.05, 0) is 92.6 Å². The van der Waals surface area contributed by atoms with Crippen LogP contribution in [0.25, 0.3) is 11.0 Å². The van der Waals surface area contributed by atoms with E-state index < -0.39 is 0 Å². The maximum atomic E-state index is 13.3. The van der Waals surface area contributed by atoms with Crippen LogP contribution in [0.2, 0.25) is 0 Å². The minimum atomic E-state index is -0.350. The van der Waals surface area contributed by atoms with Gasteiger partial charge in [0.2, 0.25) is 12.4 Å². The number of hydrogen-bond acceptors (Lipinski definition) is 4. The van der Waals surface area contributed by atoms with Gasteiger partial charge in [-0.1, -0.05) is 39.2 Å². The highest BCUT2D eigenvalue weighted by molar-refractivity contribution is 6.04. The quantitative estimate of drug-likeness (QED) is 0.395. The van der Waals surface area contributed by atoms with Gasteiger partial charge in [0.25, 0.3) is 5.91 Å². The fourth-order valence-electron chi connectivity index (χ4n) is 5.84. The van der Waals surface area contributed by atoms with Crippen LogP contribution in [0.1, 0.15) is 80.8 Å². The lowest BCUT2D eigenvalue weighted by Gasteiger charge is -2.33. The first-order valence-electron chi connectivity index (χ1n) is 13.8. The highest BCUT2D eigenvalue weighted by atomic mass is 19.1. The van der Waals surface area contributed by atoms with Crippen LogP contribution in [0.15, 0.2) is 42.5 Å². The molecule has 2 heterocycles. The Morgan fingerprint density at radius 1 is 1.08 bits per heavy atom. The molecule has 0 atom stereocenters. The lowest BCUT2D eigenvalue weighted by atomic mass is 9.86. The lowest BCUT2D eigenvalue weighted by Crippen LogP contribution is -2.34. The standard InChI is InChI=1S/C29H37FN4O.CH3NO/c1-20(2)22-14-16-33(17-15-22)19-21-8-13-26-27(18-21)34(25-6-4-3-5-7-25)29(31-26)32-28(35)23-9-11-24(30)12-10-23;2-1-3/h8-13,18,20,22,25H,3-7,14-17,19H2,1-2H3,(H,31,32,35);1H,(H2,2,3). The van der Waals surface area contributed by atoms with Crippen LogP contribution in [0.3, 0.4) is 0 Å². The van der Waals surface area contributed by atoms with Crippen molar-refractivity contribution in [1.82, 2.24) is 14.5 Å². The Hall–Kier alpha value is -3.26. The Morgan fingerprint density at radius 3 is 2.37 bits per heavy atom. The zero-order valence-electron chi connectivity index (χ0n) is 22.5. The zero-order chi connectivity index (χ0) is 27.1. The van der Waals surface area contributed by atoms with E-state index in [1.165, 1.54) is 61.9 Å². The maximum Gasteiger partial charge on any atom is 0.257 e. The van der Waals surface area contributed by atoms with Crippen molar-refractivity contribution in [3.05, 3.63) is 59.4 Å². The summed E-state index contributed by atoms with van der Waals surface area (Å²) < 4.78 is 15.6. The van der Waals surface area contributed by atoms with E-state index in [2.05, 4.69) is 52.6 Å². The van der Waals surface area contributed by atoms with Crippen molar-refractivity contribution in [1.29, 1.82) is 0 Å². The molecule has 38 heavy (non-hydrogen) atoms. The van der Waals surface area contributed by atoms with Crippen LogP contribution in [0.5, 0.6) is 0 Å². The summed E-state index contributed by atoms with van der Waals surface area (Å²) in [5.41, 5.74) is 7.90. The molecule has 5 rings (SSSR count). The minimum absolute atomic E-state index is 0.250. The predicted molar refractivity (Wildman–Crippen MR) is 149 cm³/mol. The number of primary amides is 1. The van der Waals surface area contributed by atoms with Crippen molar-refractivity contribution < 1.29 is 14.0 Å². The number of rotatable bonds is 6. The summed E-state index contributed by atoms with van der Waals surface area (Å²) in [6, 6.07) is 12.5. The average Bonchev–Trinajstić information content (AvgIpc) is 3.27. The van der Waals surface area contributed by atoms with Gasteiger partial charge in [-0.15, -0.1) is 0 Å². The number of anilines is 1. The van der Waals surface area contributed by atoms with E-state index in [9.17, 15) is 9.18 Å². The maximum absolute atomic E-state index is 13.3. The van der Waals surface area contributed by atoms with Crippen LogP contribution in [-0.2, 0) is 11.3 Å². The molecule has 3 N–H and O–H groups in total. The van der Waals surface area contributed by atoms with Gasteiger partial charge in [0.1, 0.15) is 5.82 Å². The van der Waals surface area contributed by atoms with Gasteiger partial charge in [0.05, 0.1) is 11.0 Å². The van der Waals surface area contributed by atoms with Gasteiger partial charge in [-0.2, -0.15) is 0 Å². The molecule has 2 amide bonds. The second-order valence-corrected chi connectivity index (χ2v) is 10.9. The minimum Gasteiger partial charge on any atom is -0.372 e. The molecule has 2 aromatic carbocycles. The smallest absolute Gasteiger partial charge is 0.257 e. The predicted octanol–water partition coefficient (Wildman–Crippen LogP) is 5.90. The SMILES string of the molecule is CC(C)C1CCN(Cc2ccc3nc(NC(=O)c4ccc(F)cc4)n(C4CCCCC4)c3c2)CC1.NC=O. The first kappa shape index (κ1) is 27.8. The number of nitrogens with two attached hydrogens (primary N) is 1. The lowest BCUT2D eigenvalue weighted by molar-refractivity contribution is -0.106. The van der Waals surface area contributed by atoms with Crippen molar-refractivity contribution in [3.8, 4) is 0 Å². The van der Waals surface area contributed by atoms with Gasteiger partial charge in [-0.3, -0.25) is 19.8 Å². The Balaban J connectivity index is 0.00000107. The molecule has 204 valence electrons. The number of carbonyl (C=O) groups is 2. The van der Waals surface area contributed by atoms with E-state index in [1.54, 1.807) is 0 Å². The van der Waals surface area contributed by atoms with E-state index >= 15 is 0 Å². The molecular formula is C30H40FN5O2. The second-order valence-electron chi connectivity index (χ2n) is 10.9. The highest BCUT2D eigenvalue weighted by Crippen LogP contribution is 2.35. The second kappa shape index (κ2) is 13.0. The normalized spacial score (nSPS) is 17.3. The molecule has 1 aromatic heterocycles. The molecular weight excluding hydrogens is 481 g/mol. The van der Waals surface area contributed by atoms with Crippen molar-refractivity contribution in [3.63, 3.8) is 0 Å². The highest BCUT2D eigenvalue weighted by Gasteiger charge is 2.25. The Labute approximate surface area is 224 Å². The van der Waals surface area contributed by atoms with Crippen LogP contribution in [0.4, 0.5) is 10.3 Å². The summed E-state index contributed by atoms with van der Waals surface area (Å²) >= 11 is 0. The molecule has 0 bridgehead atoms. The number of hydrogen-bond donors (Lipinski definition) is 2. The summed E-state index contributed by atoms with van der Waals surface area (Å²) in [7, 11) is 0. The summed E-state index contributed by atoms with van der Waals surface area (Å²) in [6.07, 6.45) is 8.65. The summed E-state index contributed by atoms with van der Waals surface area (Å²) in [5.74, 6) is 1.59. The number of nitrogens with one attached hydrogen (secondary N) is 1. The molecule has 3 aromatic rings. The molecule has 0 radical (unpaired) electrons. The van der Waals surface area contributed by atoms with Crippen molar-refractivity contribution in [2.45, 2.75) is 71.4 Å². The molecule has 0 unspecified atom stereocenters. The monoisotopic (exact) mass is 521 g/mol. The van der Waals surface area contributed by atoms with E-state index in [0.29, 0.717) is 17.6 Å². The third kappa shape index (κ3) is 6.78. The number of nitrogens with zero attached hydrogens (tertiary/aromatic N) is 3. The van der Waals surface area contributed by atoms with E-state index in [4.69, 9.17) is 9.78 Å². The summed E-state index contributed by atoms with van der Waals surface area (Å²) in [6.45, 7) is 7.94. The van der Waals surface area contributed by atoms with Crippen LogP contribution >= 0.6 is 0 Å². The number of amides is 2. The number of imidazole rings is 1. The van der Waals surface area contributed by atoms with Gasteiger partial charge in [0.15, 0.2) is 0 Å². The molecule has 7 nitrogen and oxygen atoms in total. The van der Waals surface area contributed by atoms with Crippen molar-refractivity contribution in [2.75, 3.05) is 18.4 Å². The number of carbonyl (C=O) groups excluding carboxylic acids is 2. The fourth-order valence-corrected chi connectivity index (χ4v) is 5.84. The van der Waals surface area contributed by atoms with Gasteiger partial charge in [0, 0.05) is 18.2 Å². The van der Waals surface area contributed by atoms with Crippen molar-refractivity contribution >= 4 is 29.3 Å². The van der Waals surface area contributed by atoms with E-state index in [0.717, 1.165) is 55.3 Å². The molecule has 1 aliphatic carbocycles. The van der Waals surface area contributed by atoms with Crippen molar-refractivity contribution in [2.24, 2.45) is 17.6 Å². The number of likely N-dealkylation sites (tertiary alicyclic amines) is 1. The zero-order valence-corrected chi connectivity index (χ0v) is 22.5. The Morgan fingerprint density at radius 2 is 1.74 bits per heavy atom. The first-order chi connectivity index (χ1) is 18.4. The number of halogens is 1. The summed E-state index contributed by atoms with van der Waals surface area (Å²) in [5, 5.41) is 3.03. The molecule has 1 saturated carbocycles. The molecule has 0 spiro atoms. The third-order valence-electron chi connectivity index (χ3n) is 8.01. The number of aromatic nitrogens is 2. The topological polar surface area (TPSA) is 93.2 Å². The van der Waals surface area contributed by atoms with Gasteiger partial charge < -0.3 is 10.3 Å². The average molecular weight is 522 g/mol. The molecule has 8 heteroatoms. The Bertz CT molecular complexity index is 1210. The number of piperidine rings is 1. The molecule has 1 saturated heterocycles. The van der Waals surface area contributed by atoms with Crippen LogP contribution in [-0.4, -0.2) is 39.9 Å². The first-order valence-corrected chi connectivity index (χ1v) is 13.8. The van der Waals surface area contributed by atoms with Gasteiger partial charge in [-0.25, -0.2) is 9.37 Å². The molecule has 1 aliphatic heterocycles. The summed E-state index contributed by atoms with van der Waals surface area (Å²) in [4.78, 5) is 28.9. The van der Waals surface area contributed by atoms with E-state index in [-0.39, 0.29) is 18.1 Å². The number of fused-ring (bicyclic) bond motifs is 1. The largest absolute Gasteiger partial charge is 0.372 e. The molecule has 2 fully saturated rings. The van der Waals surface area contributed by atoms with Crippen LogP contribution in [0, 0.1) is 17.7 Å².